The fourth-order valence-electron chi connectivity index (χ4n) is 1.35. The number of rotatable bonds is 2. The van der Waals surface area contributed by atoms with Crippen molar-refractivity contribution in [3.05, 3.63) is 0 Å². The van der Waals surface area contributed by atoms with Crippen LogP contribution in [-0.2, 0) is 4.74 Å². The predicted octanol–water partition coefficient (Wildman–Crippen LogP) is 1.91. The van der Waals surface area contributed by atoms with Crippen molar-refractivity contribution < 1.29 is 4.74 Å². The third kappa shape index (κ3) is 5.04. The van der Waals surface area contributed by atoms with Gasteiger partial charge in [0.05, 0.1) is 21.3 Å². The maximum absolute atomic E-state index is 5.34. The molecule has 0 aromatic carbocycles. The van der Waals surface area contributed by atoms with Gasteiger partial charge < -0.3 is 9.64 Å². The molecule has 1 saturated heterocycles. The molecule has 0 unspecified atom stereocenters. The van der Waals surface area contributed by atoms with Crippen LogP contribution >= 0.6 is 11.8 Å². The first-order valence-electron chi connectivity index (χ1n) is 5.44. The van der Waals surface area contributed by atoms with E-state index in [0.717, 1.165) is 32.5 Å². The van der Waals surface area contributed by atoms with Crippen LogP contribution in [0.1, 0.15) is 0 Å². The smallest absolute Gasteiger partial charge is 0.158 e. The second kappa shape index (κ2) is 5.91. The SMILES string of the molecule is CSC(=NC[Si](C)(C)C)N1CCOCC1. The van der Waals surface area contributed by atoms with E-state index in [0.29, 0.717) is 0 Å². The summed E-state index contributed by atoms with van der Waals surface area (Å²) in [6.07, 6.45) is 3.14. The lowest BCUT2D eigenvalue weighted by atomic mass is 10.5. The molecule has 0 atom stereocenters. The first-order chi connectivity index (χ1) is 7.03. The Bertz CT molecular complexity index is 222. The molecule has 88 valence electrons. The summed E-state index contributed by atoms with van der Waals surface area (Å²) in [5.41, 5.74) is 0. The van der Waals surface area contributed by atoms with E-state index in [4.69, 9.17) is 9.73 Å². The Morgan fingerprint density at radius 1 is 1.33 bits per heavy atom. The van der Waals surface area contributed by atoms with Crippen molar-refractivity contribution >= 4 is 25.0 Å². The molecule has 15 heavy (non-hydrogen) atoms. The summed E-state index contributed by atoms with van der Waals surface area (Å²) in [5, 5.41) is 1.20. The van der Waals surface area contributed by atoms with Gasteiger partial charge in [-0.1, -0.05) is 31.4 Å². The van der Waals surface area contributed by atoms with Crippen LogP contribution in [0.25, 0.3) is 0 Å². The average Bonchev–Trinajstić information content (AvgIpc) is 2.19. The molecule has 0 aromatic rings. The highest BCUT2D eigenvalue weighted by molar-refractivity contribution is 8.13. The summed E-state index contributed by atoms with van der Waals surface area (Å²) in [4.78, 5) is 7.09. The number of ether oxygens (including phenoxy) is 1. The summed E-state index contributed by atoms with van der Waals surface area (Å²) in [6.45, 7) is 10.7. The largest absolute Gasteiger partial charge is 0.378 e. The monoisotopic (exact) mass is 246 g/mol. The topological polar surface area (TPSA) is 24.8 Å². The highest BCUT2D eigenvalue weighted by Crippen LogP contribution is 2.10. The van der Waals surface area contributed by atoms with Crippen LogP contribution < -0.4 is 0 Å². The Labute approximate surface area is 98.3 Å². The average molecular weight is 246 g/mol. The molecular formula is C10H22N2OSSi. The maximum Gasteiger partial charge on any atom is 0.158 e. The molecule has 0 bridgehead atoms. The molecule has 0 saturated carbocycles. The molecule has 1 heterocycles. The van der Waals surface area contributed by atoms with Gasteiger partial charge in [-0.3, -0.25) is 4.99 Å². The van der Waals surface area contributed by atoms with Crippen LogP contribution in [-0.4, -0.2) is 56.9 Å². The van der Waals surface area contributed by atoms with E-state index in [1.807, 2.05) is 0 Å². The minimum Gasteiger partial charge on any atom is -0.378 e. The Morgan fingerprint density at radius 2 is 1.93 bits per heavy atom. The zero-order valence-electron chi connectivity index (χ0n) is 10.2. The molecule has 1 aliphatic rings. The third-order valence-electron chi connectivity index (χ3n) is 2.15. The van der Waals surface area contributed by atoms with E-state index in [2.05, 4.69) is 30.8 Å². The fraction of sp³-hybridized carbons (Fsp3) is 0.900. The van der Waals surface area contributed by atoms with Crippen molar-refractivity contribution in [1.29, 1.82) is 0 Å². The number of nitrogens with zero attached hydrogens (tertiary/aromatic N) is 2. The molecular weight excluding hydrogens is 224 g/mol. The van der Waals surface area contributed by atoms with Gasteiger partial charge in [0.2, 0.25) is 0 Å². The molecule has 0 spiro atoms. The van der Waals surface area contributed by atoms with E-state index in [9.17, 15) is 0 Å². The van der Waals surface area contributed by atoms with Crippen molar-refractivity contribution in [2.45, 2.75) is 19.6 Å². The maximum atomic E-state index is 5.34. The Kier molecular flexibility index (Phi) is 5.15. The van der Waals surface area contributed by atoms with Crippen molar-refractivity contribution in [3.8, 4) is 0 Å². The van der Waals surface area contributed by atoms with Crippen LogP contribution in [0.5, 0.6) is 0 Å². The summed E-state index contributed by atoms with van der Waals surface area (Å²) in [6, 6.07) is 0. The highest BCUT2D eigenvalue weighted by Gasteiger charge is 2.17. The summed E-state index contributed by atoms with van der Waals surface area (Å²) < 4.78 is 5.34. The molecule has 0 aromatic heterocycles. The molecule has 0 aliphatic carbocycles. The number of hydrogen-bond donors (Lipinski definition) is 0. The van der Waals surface area contributed by atoms with Crippen molar-refractivity contribution in [1.82, 2.24) is 4.90 Å². The van der Waals surface area contributed by atoms with Crippen LogP contribution in [0.4, 0.5) is 0 Å². The number of amidine groups is 1. The van der Waals surface area contributed by atoms with Gasteiger partial charge in [-0.05, 0) is 6.26 Å². The first-order valence-corrected chi connectivity index (χ1v) is 10.4. The lowest BCUT2D eigenvalue weighted by molar-refractivity contribution is 0.0693. The highest BCUT2D eigenvalue weighted by atomic mass is 32.2. The van der Waals surface area contributed by atoms with E-state index >= 15 is 0 Å². The lowest BCUT2D eigenvalue weighted by Gasteiger charge is -2.29. The number of morpholine rings is 1. The van der Waals surface area contributed by atoms with Crippen molar-refractivity contribution in [3.63, 3.8) is 0 Å². The second-order valence-corrected chi connectivity index (χ2v) is 11.2. The van der Waals surface area contributed by atoms with Gasteiger partial charge in [-0.25, -0.2) is 0 Å². The number of aliphatic imine (C=N–C) groups is 1. The Morgan fingerprint density at radius 3 is 2.40 bits per heavy atom. The molecule has 5 heteroatoms. The molecule has 1 aliphatic heterocycles. The van der Waals surface area contributed by atoms with E-state index in [-0.39, 0.29) is 0 Å². The van der Waals surface area contributed by atoms with Crippen molar-refractivity contribution in [2.75, 3.05) is 38.7 Å². The van der Waals surface area contributed by atoms with Crippen molar-refractivity contribution in [2.24, 2.45) is 4.99 Å². The van der Waals surface area contributed by atoms with E-state index in [1.165, 1.54) is 5.17 Å². The van der Waals surface area contributed by atoms with Crippen LogP contribution in [0.2, 0.25) is 19.6 Å². The van der Waals surface area contributed by atoms with Gasteiger partial charge in [-0.15, -0.1) is 0 Å². The summed E-state index contributed by atoms with van der Waals surface area (Å²) in [7, 11) is -1.06. The second-order valence-electron chi connectivity index (χ2n) is 4.96. The summed E-state index contributed by atoms with van der Waals surface area (Å²) >= 11 is 1.76. The number of thioether (sulfide) groups is 1. The van der Waals surface area contributed by atoms with Gasteiger partial charge >= 0.3 is 0 Å². The molecule has 1 rings (SSSR count). The van der Waals surface area contributed by atoms with Gasteiger partial charge in [0, 0.05) is 19.3 Å². The zero-order valence-corrected chi connectivity index (χ0v) is 12.1. The normalized spacial score (nSPS) is 19.5. The van der Waals surface area contributed by atoms with Gasteiger partial charge in [0.1, 0.15) is 0 Å². The molecule has 0 amide bonds. The van der Waals surface area contributed by atoms with E-state index < -0.39 is 8.07 Å². The Hall–Kier alpha value is -0.00312. The number of hydrogen-bond acceptors (Lipinski definition) is 3. The van der Waals surface area contributed by atoms with E-state index in [1.54, 1.807) is 11.8 Å². The zero-order chi connectivity index (χ0) is 11.3. The lowest BCUT2D eigenvalue weighted by Crippen LogP contribution is -2.40. The fourth-order valence-corrected chi connectivity index (χ4v) is 2.73. The molecule has 1 fully saturated rings. The van der Waals surface area contributed by atoms with Crippen LogP contribution in [0, 0.1) is 0 Å². The quantitative estimate of drug-likeness (QED) is 0.423. The summed E-state index contributed by atoms with van der Waals surface area (Å²) in [5.74, 6) is 0. The minimum absolute atomic E-state index is 0.840. The molecule has 0 N–H and O–H groups in total. The van der Waals surface area contributed by atoms with Crippen LogP contribution in [0.3, 0.4) is 0 Å². The van der Waals surface area contributed by atoms with Gasteiger partial charge in [0.15, 0.2) is 5.17 Å². The van der Waals surface area contributed by atoms with Crippen LogP contribution in [0.15, 0.2) is 4.99 Å². The van der Waals surface area contributed by atoms with Gasteiger partial charge in [0.25, 0.3) is 0 Å². The Balaban J connectivity index is 2.53. The standard InChI is InChI=1S/C10H22N2OSSi/c1-14-10(11-9-15(2,3)4)12-5-7-13-8-6-12/h5-9H2,1-4H3. The third-order valence-corrected chi connectivity index (χ3v) is 4.01. The first kappa shape index (κ1) is 13.1. The van der Waals surface area contributed by atoms with Gasteiger partial charge in [-0.2, -0.15) is 0 Å². The molecule has 0 radical (unpaired) electrons. The molecule has 3 nitrogen and oxygen atoms in total. The minimum atomic E-state index is -1.06. The predicted molar refractivity (Wildman–Crippen MR) is 71.6 cm³/mol.